The Balaban J connectivity index is 1.84. The summed E-state index contributed by atoms with van der Waals surface area (Å²) < 4.78 is 2.26. The van der Waals surface area contributed by atoms with E-state index in [1.807, 2.05) is 66.9 Å². The highest BCUT2D eigenvalue weighted by Gasteiger charge is 2.21. The van der Waals surface area contributed by atoms with Gasteiger partial charge in [-0.15, -0.1) is 0 Å². The molecule has 0 aliphatic carbocycles. The Morgan fingerprint density at radius 3 is 2.37 bits per heavy atom. The number of hydrogen-bond donors (Lipinski definition) is 0. The molecule has 0 radical (unpaired) electrons. The standard InChI is InChI=1S/C25H19ClN4/c1-2-30-24(18-7-9-19(26)10-8-18)23(17-11-14-27-15-12-17)29-25(30)21-13-16-28-22-6-4-3-5-20(21)22/h3-16H,2H2,1H3. The summed E-state index contributed by atoms with van der Waals surface area (Å²) in [4.78, 5) is 13.8. The van der Waals surface area contributed by atoms with E-state index in [4.69, 9.17) is 16.6 Å². The molecule has 0 amide bonds. The molecule has 3 aromatic heterocycles. The Morgan fingerprint density at radius 2 is 1.60 bits per heavy atom. The number of para-hydroxylation sites is 1. The number of benzene rings is 2. The maximum Gasteiger partial charge on any atom is 0.141 e. The largest absolute Gasteiger partial charge is 0.324 e. The van der Waals surface area contributed by atoms with Crippen LogP contribution in [0.5, 0.6) is 0 Å². The third-order valence-electron chi connectivity index (χ3n) is 5.25. The van der Waals surface area contributed by atoms with Gasteiger partial charge in [-0.05, 0) is 43.3 Å². The average molecular weight is 411 g/mol. The van der Waals surface area contributed by atoms with Crippen LogP contribution in [0.1, 0.15) is 6.92 Å². The molecule has 0 bridgehead atoms. The van der Waals surface area contributed by atoms with Crippen molar-refractivity contribution in [3.05, 3.63) is 90.3 Å². The Bertz CT molecular complexity index is 1320. The van der Waals surface area contributed by atoms with Gasteiger partial charge in [0.2, 0.25) is 0 Å². The van der Waals surface area contributed by atoms with E-state index in [-0.39, 0.29) is 0 Å². The van der Waals surface area contributed by atoms with Crippen LogP contribution in [0.3, 0.4) is 0 Å². The molecule has 0 atom stereocenters. The van der Waals surface area contributed by atoms with Crippen molar-refractivity contribution in [2.24, 2.45) is 0 Å². The fourth-order valence-corrected chi connectivity index (χ4v) is 3.99. The van der Waals surface area contributed by atoms with Gasteiger partial charge in [-0.2, -0.15) is 0 Å². The first-order valence-electron chi connectivity index (χ1n) is 9.87. The monoisotopic (exact) mass is 410 g/mol. The molecule has 5 aromatic rings. The summed E-state index contributed by atoms with van der Waals surface area (Å²) in [6, 6.07) is 22.1. The molecule has 4 nitrogen and oxygen atoms in total. The lowest BCUT2D eigenvalue weighted by molar-refractivity contribution is 0.778. The molecule has 5 heteroatoms. The molecule has 0 spiro atoms. The van der Waals surface area contributed by atoms with Gasteiger partial charge in [0, 0.05) is 52.2 Å². The second kappa shape index (κ2) is 7.73. The summed E-state index contributed by atoms with van der Waals surface area (Å²) in [6.45, 7) is 2.92. The average Bonchev–Trinajstić information content (AvgIpc) is 3.19. The van der Waals surface area contributed by atoms with E-state index < -0.39 is 0 Å². The Kier molecular flexibility index (Phi) is 4.77. The van der Waals surface area contributed by atoms with Crippen LogP contribution < -0.4 is 0 Å². The van der Waals surface area contributed by atoms with Crippen LogP contribution in [0.15, 0.2) is 85.3 Å². The molecule has 30 heavy (non-hydrogen) atoms. The molecule has 0 aliphatic rings. The molecule has 3 heterocycles. The van der Waals surface area contributed by atoms with E-state index in [9.17, 15) is 0 Å². The van der Waals surface area contributed by atoms with E-state index in [0.717, 1.165) is 51.4 Å². The van der Waals surface area contributed by atoms with E-state index >= 15 is 0 Å². The van der Waals surface area contributed by atoms with Gasteiger partial charge in [0.25, 0.3) is 0 Å². The third kappa shape index (κ3) is 3.15. The fourth-order valence-electron chi connectivity index (χ4n) is 3.87. The van der Waals surface area contributed by atoms with Crippen molar-refractivity contribution in [3.63, 3.8) is 0 Å². The summed E-state index contributed by atoms with van der Waals surface area (Å²) >= 11 is 6.16. The van der Waals surface area contributed by atoms with Gasteiger partial charge in [-0.1, -0.05) is 41.9 Å². The summed E-state index contributed by atoms with van der Waals surface area (Å²) in [6.07, 6.45) is 5.45. The van der Waals surface area contributed by atoms with Crippen LogP contribution in [-0.2, 0) is 6.54 Å². The lowest BCUT2D eigenvalue weighted by Crippen LogP contribution is -2.01. The molecule has 0 unspecified atom stereocenters. The summed E-state index contributed by atoms with van der Waals surface area (Å²) in [7, 11) is 0. The SMILES string of the molecule is CCn1c(-c2ccnc3ccccc23)nc(-c2ccncc2)c1-c1ccc(Cl)cc1. The van der Waals surface area contributed by atoms with Gasteiger partial charge in [-0.25, -0.2) is 4.98 Å². The van der Waals surface area contributed by atoms with Crippen molar-refractivity contribution in [3.8, 4) is 33.9 Å². The first-order chi connectivity index (χ1) is 14.8. The molecule has 2 aromatic carbocycles. The number of rotatable bonds is 4. The van der Waals surface area contributed by atoms with Crippen LogP contribution >= 0.6 is 11.6 Å². The maximum absolute atomic E-state index is 6.16. The molecule has 0 saturated carbocycles. The number of imidazole rings is 1. The summed E-state index contributed by atoms with van der Waals surface area (Å²) in [5, 5.41) is 1.80. The van der Waals surface area contributed by atoms with Crippen molar-refractivity contribution in [2.75, 3.05) is 0 Å². The van der Waals surface area contributed by atoms with E-state index in [1.165, 1.54) is 0 Å². The van der Waals surface area contributed by atoms with Crippen molar-refractivity contribution in [2.45, 2.75) is 13.5 Å². The third-order valence-corrected chi connectivity index (χ3v) is 5.50. The van der Waals surface area contributed by atoms with Gasteiger partial charge >= 0.3 is 0 Å². The second-order valence-corrected chi connectivity index (χ2v) is 7.43. The first-order valence-corrected chi connectivity index (χ1v) is 10.2. The Hall–Kier alpha value is -3.50. The van der Waals surface area contributed by atoms with Crippen molar-refractivity contribution in [1.29, 1.82) is 0 Å². The summed E-state index contributed by atoms with van der Waals surface area (Å²) in [5.74, 6) is 0.924. The minimum atomic E-state index is 0.715. The highest BCUT2D eigenvalue weighted by atomic mass is 35.5. The minimum absolute atomic E-state index is 0.715. The van der Waals surface area contributed by atoms with Gasteiger partial charge in [0.1, 0.15) is 5.82 Å². The zero-order chi connectivity index (χ0) is 20.5. The highest BCUT2D eigenvalue weighted by Crippen LogP contribution is 2.38. The topological polar surface area (TPSA) is 43.6 Å². The maximum atomic E-state index is 6.16. The Morgan fingerprint density at radius 1 is 0.833 bits per heavy atom. The summed E-state index contributed by atoms with van der Waals surface area (Å²) in [5.41, 5.74) is 6.12. The number of pyridine rings is 2. The number of hydrogen-bond acceptors (Lipinski definition) is 3. The molecular formula is C25H19ClN4. The van der Waals surface area contributed by atoms with Gasteiger partial charge < -0.3 is 4.57 Å². The lowest BCUT2D eigenvalue weighted by Gasteiger charge is -2.12. The molecule has 0 aliphatic heterocycles. The van der Waals surface area contributed by atoms with Crippen LogP contribution in [0, 0.1) is 0 Å². The fraction of sp³-hybridized carbons (Fsp3) is 0.0800. The number of halogens is 1. The number of nitrogens with zero attached hydrogens (tertiary/aromatic N) is 4. The van der Waals surface area contributed by atoms with Crippen LogP contribution in [0.25, 0.3) is 44.8 Å². The zero-order valence-corrected chi connectivity index (χ0v) is 17.2. The van der Waals surface area contributed by atoms with Crippen LogP contribution in [0.2, 0.25) is 5.02 Å². The number of aromatic nitrogens is 4. The highest BCUT2D eigenvalue weighted by molar-refractivity contribution is 6.30. The molecule has 0 fully saturated rings. The normalized spacial score (nSPS) is 11.1. The van der Waals surface area contributed by atoms with Gasteiger partial charge in [-0.3, -0.25) is 9.97 Å². The Labute approximate surface area is 179 Å². The van der Waals surface area contributed by atoms with Crippen LogP contribution in [-0.4, -0.2) is 19.5 Å². The minimum Gasteiger partial charge on any atom is -0.324 e. The van der Waals surface area contributed by atoms with Gasteiger partial charge in [0.15, 0.2) is 0 Å². The van der Waals surface area contributed by atoms with Crippen molar-refractivity contribution in [1.82, 2.24) is 19.5 Å². The quantitative estimate of drug-likeness (QED) is 0.339. The van der Waals surface area contributed by atoms with Crippen molar-refractivity contribution >= 4 is 22.5 Å². The first kappa shape index (κ1) is 18.5. The van der Waals surface area contributed by atoms with E-state index in [2.05, 4.69) is 27.5 Å². The molecular weight excluding hydrogens is 392 g/mol. The molecule has 0 saturated heterocycles. The van der Waals surface area contributed by atoms with Gasteiger partial charge in [0.05, 0.1) is 16.9 Å². The molecule has 0 N–H and O–H groups in total. The predicted octanol–water partition coefficient (Wildman–Crippen LogP) is 6.50. The van der Waals surface area contributed by atoms with E-state index in [1.54, 1.807) is 12.4 Å². The van der Waals surface area contributed by atoms with Crippen molar-refractivity contribution < 1.29 is 0 Å². The van der Waals surface area contributed by atoms with E-state index in [0.29, 0.717) is 5.02 Å². The molecule has 146 valence electrons. The molecule has 5 rings (SSSR count). The predicted molar refractivity (Wildman–Crippen MR) is 122 cm³/mol. The zero-order valence-electron chi connectivity index (χ0n) is 16.5. The second-order valence-electron chi connectivity index (χ2n) is 7.00. The van der Waals surface area contributed by atoms with Crippen LogP contribution in [0.4, 0.5) is 0 Å². The lowest BCUT2D eigenvalue weighted by atomic mass is 10.1. The number of fused-ring (bicyclic) bond motifs is 1. The smallest absolute Gasteiger partial charge is 0.141 e.